The van der Waals surface area contributed by atoms with Crippen LogP contribution in [0.1, 0.15) is 23.2 Å². The van der Waals surface area contributed by atoms with Crippen molar-refractivity contribution in [3.05, 3.63) is 40.1 Å². The van der Waals surface area contributed by atoms with E-state index >= 15 is 0 Å². The van der Waals surface area contributed by atoms with Gasteiger partial charge in [-0.1, -0.05) is 15.9 Å². The lowest BCUT2D eigenvalue weighted by Crippen LogP contribution is -2.10. The summed E-state index contributed by atoms with van der Waals surface area (Å²) in [6, 6.07) is 5.22. The molecule has 0 radical (unpaired) electrons. The van der Waals surface area contributed by atoms with Gasteiger partial charge >= 0.3 is 0 Å². The molecule has 16 heavy (non-hydrogen) atoms. The molecule has 1 aliphatic heterocycles. The Morgan fingerprint density at radius 2 is 2.25 bits per heavy atom. The molecule has 0 saturated heterocycles. The second kappa shape index (κ2) is 4.70. The number of halogens is 1. The molecule has 2 rings (SSSR count). The second-order valence-electron chi connectivity index (χ2n) is 3.69. The molecule has 1 aliphatic rings. The number of allylic oxidation sites excluding steroid dienone is 1. The van der Waals surface area contributed by atoms with Crippen molar-refractivity contribution in [1.29, 1.82) is 0 Å². The quantitative estimate of drug-likeness (QED) is 0.670. The van der Waals surface area contributed by atoms with Gasteiger partial charge < -0.3 is 10.5 Å². The van der Waals surface area contributed by atoms with Crippen LogP contribution in [-0.2, 0) is 4.74 Å². The molecular weight excluding hydrogens is 270 g/mol. The minimum absolute atomic E-state index is 0.0149. The standard InChI is InChI=1S/C12H12BrNO2/c13-11-4-3-9(14)6-10(11)12(15)8-2-1-5-16-7-8/h3-4,6-7H,1-2,5,14H2. The topological polar surface area (TPSA) is 52.3 Å². The number of benzene rings is 1. The van der Waals surface area contributed by atoms with Crippen LogP contribution >= 0.6 is 15.9 Å². The van der Waals surface area contributed by atoms with E-state index in [1.165, 1.54) is 0 Å². The summed E-state index contributed by atoms with van der Waals surface area (Å²) in [7, 11) is 0. The van der Waals surface area contributed by atoms with Crippen LogP contribution in [0.5, 0.6) is 0 Å². The smallest absolute Gasteiger partial charge is 0.193 e. The molecule has 0 atom stereocenters. The number of ketones is 1. The number of anilines is 1. The van der Waals surface area contributed by atoms with Gasteiger partial charge in [0.05, 0.1) is 12.9 Å². The molecule has 0 spiro atoms. The van der Waals surface area contributed by atoms with Crippen molar-refractivity contribution in [3.63, 3.8) is 0 Å². The van der Waals surface area contributed by atoms with Gasteiger partial charge in [0.2, 0.25) is 0 Å². The Hall–Kier alpha value is -1.29. The largest absolute Gasteiger partial charge is 0.501 e. The SMILES string of the molecule is Nc1ccc(Br)c(C(=O)C2=COCCC2)c1. The Bertz CT molecular complexity index is 454. The first-order valence-electron chi connectivity index (χ1n) is 5.09. The number of hydrogen-bond acceptors (Lipinski definition) is 3. The van der Waals surface area contributed by atoms with E-state index in [-0.39, 0.29) is 5.78 Å². The van der Waals surface area contributed by atoms with Gasteiger partial charge in [-0.3, -0.25) is 4.79 Å². The summed E-state index contributed by atoms with van der Waals surface area (Å²) < 4.78 is 5.93. The molecule has 0 bridgehead atoms. The van der Waals surface area contributed by atoms with Crippen molar-refractivity contribution in [2.75, 3.05) is 12.3 Å². The molecule has 2 N–H and O–H groups in total. The third-order valence-electron chi connectivity index (χ3n) is 2.46. The Labute approximate surface area is 102 Å². The normalized spacial score (nSPS) is 15.2. The highest BCUT2D eigenvalue weighted by Crippen LogP contribution is 2.25. The maximum atomic E-state index is 12.1. The average Bonchev–Trinajstić information content (AvgIpc) is 2.32. The number of rotatable bonds is 2. The molecular formula is C12H12BrNO2. The van der Waals surface area contributed by atoms with E-state index in [1.54, 1.807) is 24.5 Å². The Balaban J connectivity index is 2.33. The number of Topliss-reactive ketones (excluding diaryl/α,β-unsaturated/α-hetero) is 1. The molecule has 1 aromatic rings. The maximum Gasteiger partial charge on any atom is 0.193 e. The van der Waals surface area contributed by atoms with E-state index in [9.17, 15) is 4.79 Å². The van der Waals surface area contributed by atoms with Crippen molar-refractivity contribution in [2.24, 2.45) is 0 Å². The summed E-state index contributed by atoms with van der Waals surface area (Å²) >= 11 is 3.35. The predicted molar refractivity (Wildman–Crippen MR) is 66.2 cm³/mol. The van der Waals surface area contributed by atoms with Crippen LogP contribution in [0, 0.1) is 0 Å². The fraction of sp³-hybridized carbons (Fsp3) is 0.250. The zero-order chi connectivity index (χ0) is 11.5. The molecule has 0 saturated carbocycles. The van der Waals surface area contributed by atoms with Crippen molar-refractivity contribution in [1.82, 2.24) is 0 Å². The highest BCUT2D eigenvalue weighted by molar-refractivity contribution is 9.10. The number of ether oxygens (including phenoxy) is 1. The van der Waals surface area contributed by atoms with E-state index in [0.717, 1.165) is 17.3 Å². The monoisotopic (exact) mass is 281 g/mol. The van der Waals surface area contributed by atoms with Crippen LogP contribution in [-0.4, -0.2) is 12.4 Å². The first-order valence-corrected chi connectivity index (χ1v) is 5.88. The molecule has 0 unspecified atom stereocenters. The van der Waals surface area contributed by atoms with Crippen molar-refractivity contribution in [3.8, 4) is 0 Å². The highest BCUT2D eigenvalue weighted by Gasteiger charge is 2.17. The lowest BCUT2D eigenvalue weighted by Gasteiger charge is -2.13. The summed E-state index contributed by atoms with van der Waals surface area (Å²) in [6.45, 7) is 0.689. The van der Waals surface area contributed by atoms with Gasteiger partial charge in [0.15, 0.2) is 5.78 Å². The summed E-state index contributed by atoms with van der Waals surface area (Å²) in [5.41, 5.74) is 7.56. The molecule has 0 aromatic heterocycles. The second-order valence-corrected chi connectivity index (χ2v) is 4.54. The third kappa shape index (κ3) is 2.27. The fourth-order valence-corrected chi connectivity index (χ4v) is 2.05. The van der Waals surface area contributed by atoms with Crippen LogP contribution in [0.15, 0.2) is 34.5 Å². The number of carbonyl (C=O) groups is 1. The van der Waals surface area contributed by atoms with Gasteiger partial charge in [0.25, 0.3) is 0 Å². The van der Waals surface area contributed by atoms with Crippen LogP contribution in [0.2, 0.25) is 0 Å². The van der Waals surface area contributed by atoms with Crippen LogP contribution in [0.3, 0.4) is 0 Å². The highest BCUT2D eigenvalue weighted by atomic mass is 79.9. The number of nitrogens with two attached hydrogens (primary N) is 1. The zero-order valence-corrected chi connectivity index (χ0v) is 10.3. The Morgan fingerprint density at radius 3 is 2.94 bits per heavy atom. The predicted octanol–water partition coefficient (Wildman–Crippen LogP) is 2.91. The van der Waals surface area contributed by atoms with E-state index in [2.05, 4.69) is 15.9 Å². The third-order valence-corrected chi connectivity index (χ3v) is 3.15. The van der Waals surface area contributed by atoms with Gasteiger partial charge in [-0.2, -0.15) is 0 Å². The molecule has 0 fully saturated rings. The zero-order valence-electron chi connectivity index (χ0n) is 8.70. The first-order chi connectivity index (χ1) is 7.68. The summed E-state index contributed by atoms with van der Waals surface area (Å²) in [5, 5.41) is 0. The summed E-state index contributed by atoms with van der Waals surface area (Å²) in [6.07, 6.45) is 3.21. The lowest BCUT2D eigenvalue weighted by molar-refractivity contribution is 0.101. The number of hydrogen-bond donors (Lipinski definition) is 1. The Kier molecular flexibility index (Phi) is 3.29. The van der Waals surface area contributed by atoms with Gasteiger partial charge in [0.1, 0.15) is 0 Å². The Morgan fingerprint density at radius 1 is 1.44 bits per heavy atom. The van der Waals surface area contributed by atoms with Crippen molar-refractivity contribution >= 4 is 27.4 Å². The van der Waals surface area contributed by atoms with Gasteiger partial charge in [-0.05, 0) is 31.0 Å². The maximum absolute atomic E-state index is 12.1. The first kappa shape index (κ1) is 11.2. The molecule has 1 aromatic carbocycles. The molecule has 3 nitrogen and oxygen atoms in total. The molecule has 1 heterocycles. The summed E-state index contributed by atoms with van der Waals surface area (Å²) in [5.74, 6) is -0.0149. The van der Waals surface area contributed by atoms with Gasteiger partial charge in [0, 0.05) is 21.3 Å². The van der Waals surface area contributed by atoms with Crippen LogP contribution < -0.4 is 5.73 Å². The van der Waals surface area contributed by atoms with Crippen LogP contribution in [0.4, 0.5) is 5.69 Å². The number of carbonyl (C=O) groups excluding carboxylic acids is 1. The summed E-state index contributed by atoms with van der Waals surface area (Å²) in [4.78, 5) is 12.1. The molecule has 0 aliphatic carbocycles. The van der Waals surface area contributed by atoms with E-state index < -0.39 is 0 Å². The lowest BCUT2D eigenvalue weighted by atomic mass is 9.99. The van der Waals surface area contributed by atoms with E-state index in [1.807, 2.05) is 0 Å². The fourth-order valence-electron chi connectivity index (χ4n) is 1.62. The van der Waals surface area contributed by atoms with E-state index in [4.69, 9.17) is 10.5 Å². The van der Waals surface area contributed by atoms with Gasteiger partial charge in [-0.25, -0.2) is 0 Å². The molecule has 0 amide bonds. The van der Waals surface area contributed by atoms with Crippen molar-refractivity contribution < 1.29 is 9.53 Å². The average molecular weight is 282 g/mol. The molecule has 84 valence electrons. The van der Waals surface area contributed by atoms with Crippen LogP contribution in [0.25, 0.3) is 0 Å². The minimum atomic E-state index is -0.0149. The number of nitrogen functional groups attached to an aromatic ring is 1. The van der Waals surface area contributed by atoms with E-state index in [0.29, 0.717) is 23.4 Å². The minimum Gasteiger partial charge on any atom is -0.501 e. The molecule has 4 heteroatoms. The van der Waals surface area contributed by atoms with Gasteiger partial charge in [-0.15, -0.1) is 0 Å². The van der Waals surface area contributed by atoms with Crippen molar-refractivity contribution in [2.45, 2.75) is 12.8 Å².